The first-order valence-corrected chi connectivity index (χ1v) is 8.60. The maximum Gasteiger partial charge on any atom is 0.255 e. The molecule has 26 heavy (non-hydrogen) atoms. The van der Waals surface area contributed by atoms with Crippen LogP contribution in [0.3, 0.4) is 0 Å². The Morgan fingerprint density at radius 1 is 1.27 bits per heavy atom. The summed E-state index contributed by atoms with van der Waals surface area (Å²) >= 11 is 0. The Morgan fingerprint density at radius 2 is 2.12 bits per heavy atom. The number of anilines is 1. The molecule has 1 fully saturated rings. The van der Waals surface area contributed by atoms with Crippen LogP contribution >= 0.6 is 0 Å². The summed E-state index contributed by atoms with van der Waals surface area (Å²) in [5, 5.41) is 0.955. The van der Waals surface area contributed by atoms with Crippen molar-refractivity contribution in [2.75, 3.05) is 25.4 Å². The third-order valence-corrected chi connectivity index (χ3v) is 4.52. The Balaban J connectivity index is 1.57. The summed E-state index contributed by atoms with van der Waals surface area (Å²) in [7, 11) is 0. The zero-order valence-corrected chi connectivity index (χ0v) is 14.6. The molecule has 0 bridgehead atoms. The van der Waals surface area contributed by atoms with Crippen molar-refractivity contribution in [3.63, 3.8) is 0 Å². The standard InChI is InChI=1S/C20H20N4O2/c1-13-8-16(21)10-18(23-13)19-12-24(6-7-26-19)20(25)15-9-14-4-2-3-5-17(14)22-11-15/h2-5,8-11,19H,6-7,12H2,1H3,(H2,21,23). The van der Waals surface area contributed by atoms with Gasteiger partial charge in [-0.25, -0.2) is 0 Å². The molecule has 4 rings (SSSR count). The molecule has 0 aliphatic carbocycles. The van der Waals surface area contributed by atoms with Crippen LogP contribution in [-0.2, 0) is 4.74 Å². The second-order valence-corrected chi connectivity index (χ2v) is 6.49. The highest BCUT2D eigenvalue weighted by Gasteiger charge is 2.27. The minimum absolute atomic E-state index is 0.0443. The predicted molar refractivity (Wildman–Crippen MR) is 99.7 cm³/mol. The van der Waals surface area contributed by atoms with Gasteiger partial charge in [0.25, 0.3) is 5.91 Å². The van der Waals surface area contributed by atoms with Crippen molar-refractivity contribution in [2.24, 2.45) is 0 Å². The van der Waals surface area contributed by atoms with Gasteiger partial charge in [-0.1, -0.05) is 18.2 Å². The maximum absolute atomic E-state index is 12.9. The van der Waals surface area contributed by atoms with Crippen LogP contribution < -0.4 is 5.73 Å². The molecule has 0 radical (unpaired) electrons. The molecule has 2 aromatic heterocycles. The average molecular weight is 348 g/mol. The smallest absolute Gasteiger partial charge is 0.255 e. The highest BCUT2D eigenvalue weighted by molar-refractivity contribution is 5.97. The minimum Gasteiger partial charge on any atom is -0.399 e. The van der Waals surface area contributed by atoms with Gasteiger partial charge in [-0.15, -0.1) is 0 Å². The summed E-state index contributed by atoms with van der Waals surface area (Å²) in [6, 6.07) is 13.3. The average Bonchev–Trinajstić information content (AvgIpc) is 2.66. The molecule has 1 aliphatic rings. The molecule has 3 heterocycles. The van der Waals surface area contributed by atoms with Crippen molar-refractivity contribution in [1.82, 2.24) is 14.9 Å². The zero-order valence-electron chi connectivity index (χ0n) is 14.6. The molecule has 6 nitrogen and oxygen atoms in total. The molecular formula is C20H20N4O2. The fourth-order valence-corrected chi connectivity index (χ4v) is 3.27. The van der Waals surface area contributed by atoms with Gasteiger partial charge in [0.2, 0.25) is 0 Å². The number of carbonyl (C=O) groups excluding carboxylic acids is 1. The van der Waals surface area contributed by atoms with Crippen molar-refractivity contribution in [1.29, 1.82) is 0 Å². The molecule has 1 saturated heterocycles. The number of hydrogen-bond donors (Lipinski definition) is 1. The number of rotatable bonds is 2. The van der Waals surface area contributed by atoms with E-state index in [-0.39, 0.29) is 12.0 Å². The fourth-order valence-electron chi connectivity index (χ4n) is 3.27. The molecule has 132 valence electrons. The lowest BCUT2D eigenvalue weighted by Gasteiger charge is -2.33. The molecule has 2 N–H and O–H groups in total. The third-order valence-electron chi connectivity index (χ3n) is 4.52. The van der Waals surface area contributed by atoms with E-state index in [1.54, 1.807) is 11.1 Å². The maximum atomic E-state index is 12.9. The van der Waals surface area contributed by atoms with Gasteiger partial charge >= 0.3 is 0 Å². The monoisotopic (exact) mass is 348 g/mol. The number of fused-ring (bicyclic) bond motifs is 1. The first kappa shape index (κ1) is 16.5. The number of pyridine rings is 2. The highest BCUT2D eigenvalue weighted by Crippen LogP contribution is 2.24. The summed E-state index contributed by atoms with van der Waals surface area (Å²) in [4.78, 5) is 23.6. The van der Waals surface area contributed by atoms with E-state index in [0.717, 1.165) is 22.3 Å². The van der Waals surface area contributed by atoms with Gasteiger partial charge in [-0.2, -0.15) is 0 Å². The van der Waals surface area contributed by atoms with Gasteiger partial charge < -0.3 is 15.4 Å². The predicted octanol–water partition coefficient (Wildman–Crippen LogP) is 2.73. The summed E-state index contributed by atoms with van der Waals surface area (Å²) < 4.78 is 5.83. The Morgan fingerprint density at radius 3 is 2.96 bits per heavy atom. The van der Waals surface area contributed by atoms with Crippen LogP contribution in [0.15, 0.2) is 48.7 Å². The number of ether oxygens (including phenoxy) is 1. The number of morpholine rings is 1. The number of benzene rings is 1. The summed E-state index contributed by atoms with van der Waals surface area (Å²) in [6.07, 6.45) is 1.36. The summed E-state index contributed by atoms with van der Waals surface area (Å²) in [6.45, 7) is 3.35. The normalized spacial score (nSPS) is 17.4. The number of carbonyl (C=O) groups is 1. The molecule has 1 unspecified atom stereocenters. The van der Waals surface area contributed by atoms with Gasteiger partial charge in [0, 0.05) is 29.5 Å². The molecule has 0 saturated carbocycles. The number of aromatic nitrogens is 2. The zero-order chi connectivity index (χ0) is 18.1. The van der Waals surface area contributed by atoms with Crippen LogP contribution in [0.4, 0.5) is 5.69 Å². The van der Waals surface area contributed by atoms with Crippen LogP contribution in [0.2, 0.25) is 0 Å². The van der Waals surface area contributed by atoms with Crippen LogP contribution in [0.1, 0.15) is 27.8 Å². The second kappa shape index (κ2) is 6.72. The first-order valence-electron chi connectivity index (χ1n) is 8.60. The van der Waals surface area contributed by atoms with E-state index in [1.807, 2.05) is 49.4 Å². The van der Waals surface area contributed by atoms with Crippen molar-refractivity contribution >= 4 is 22.5 Å². The fraction of sp³-hybridized carbons (Fsp3) is 0.250. The van der Waals surface area contributed by atoms with Crippen LogP contribution in [-0.4, -0.2) is 40.5 Å². The van der Waals surface area contributed by atoms with Gasteiger partial charge in [-0.3, -0.25) is 14.8 Å². The van der Waals surface area contributed by atoms with Crippen molar-refractivity contribution < 1.29 is 9.53 Å². The van der Waals surface area contributed by atoms with Crippen LogP contribution in [0.5, 0.6) is 0 Å². The van der Waals surface area contributed by atoms with E-state index in [4.69, 9.17) is 10.5 Å². The first-order chi connectivity index (χ1) is 12.6. The van der Waals surface area contributed by atoms with E-state index in [9.17, 15) is 4.79 Å². The number of para-hydroxylation sites is 1. The molecule has 1 aromatic carbocycles. The van der Waals surface area contributed by atoms with Gasteiger partial charge in [0.1, 0.15) is 6.10 Å². The Kier molecular flexibility index (Phi) is 4.26. The van der Waals surface area contributed by atoms with Crippen LogP contribution in [0, 0.1) is 6.92 Å². The lowest BCUT2D eigenvalue weighted by molar-refractivity contribution is -0.0247. The third kappa shape index (κ3) is 3.23. The van der Waals surface area contributed by atoms with Gasteiger partial charge in [0.05, 0.1) is 29.9 Å². The number of aryl methyl sites for hydroxylation is 1. The topological polar surface area (TPSA) is 81.3 Å². The SMILES string of the molecule is Cc1cc(N)cc(C2CN(C(=O)c3cnc4ccccc4c3)CCO2)n1. The van der Waals surface area contributed by atoms with Crippen molar-refractivity contribution in [3.05, 3.63) is 65.6 Å². The van der Waals surface area contributed by atoms with Gasteiger partial charge in [-0.05, 0) is 31.2 Å². The second-order valence-electron chi connectivity index (χ2n) is 6.49. The van der Waals surface area contributed by atoms with Crippen LogP contribution in [0.25, 0.3) is 10.9 Å². The van der Waals surface area contributed by atoms with E-state index >= 15 is 0 Å². The lowest BCUT2D eigenvalue weighted by Crippen LogP contribution is -2.42. The number of amides is 1. The number of nitrogen functional groups attached to an aromatic ring is 1. The van der Waals surface area contributed by atoms with E-state index in [0.29, 0.717) is 30.9 Å². The largest absolute Gasteiger partial charge is 0.399 e. The van der Waals surface area contributed by atoms with Crippen molar-refractivity contribution in [2.45, 2.75) is 13.0 Å². The summed E-state index contributed by atoms with van der Waals surface area (Å²) in [5.41, 5.74) is 9.63. The Labute approximate surface area is 151 Å². The molecule has 1 atom stereocenters. The number of hydrogen-bond acceptors (Lipinski definition) is 5. The van der Waals surface area contributed by atoms with E-state index in [2.05, 4.69) is 9.97 Å². The van der Waals surface area contributed by atoms with Gasteiger partial charge in [0.15, 0.2) is 0 Å². The number of nitrogens with zero attached hydrogens (tertiary/aromatic N) is 3. The van der Waals surface area contributed by atoms with E-state index < -0.39 is 0 Å². The lowest BCUT2D eigenvalue weighted by atomic mass is 10.1. The molecule has 6 heteroatoms. The molecule has 3 aromatic rings. The highest BCUT2D eigenvalue weighted by atomic mass is 16.5. The summed E-state index contributed by atoms with van der Waals surface area (Å²) in [5.74, 6) is -0.0443. The molecule has 1 aliphatic heterocycles. The Hall–Kier alpha value is -2.99. The molecular weight excluding hydrogens is 328 g/mol. The van der Waals surface area contributed by atoms with Crippen molar-refractivity contribution in [3.8, 4) is 0 Å². The minimum atomic E-state index is -0.275. The van der Waals surface area contributed by atoms with E-state index in [1.165, 1.54) is 0 Å². The molecule has 0 spiro atoms. The Bertz CT molecular complexity index is 953. The quantitative estimate of drug-likeness (QED) is 0.770. The molecule has 1 amide bonds. The number of nitrogens with two attached hydrogens (primary N) is 1.